The molecule has 7 nitrogen and oxygen atoms in total. The smallest absolute Gasteiger partial charge is 0.293 e. The molecule has 0 fully saturated rings. The number of carboxylic acids is 1. The number of nitro groups is 1. The summed E-state index contributed by atoms with van der Waals surface area (Å²) >= 11 is 0. The van der Waals surface area contributed by atoms with Crippen LogP contribution in [0.4, 0.5) is 11.4 Å². The summed E-state index contributed by atoms with van der Waals surface area (Å²) in [5.74, 6) is -2.30. The number of anilines is 1. The number of nitro benzene ring substituents is 1. The number of aryl methyl sites for hydroxylation is 2. The molecule has 0 saturated carbocycles. The maximum atomic E-state index is 11.4. The highest BCUT2D eigenvalue weighted by Gasteiger charge is 2.18. The van der Waals surface area contributed by atoms with Gasteiger partial charge in [-0.1, -0.05) is 6.07 Å². The molecule has 0 radical (unpaired) electrons. The first-order valence-electron chi connectivity index (χ1n) is 5.27. The number of nitrogens with zero attached hydrogens (tertiary/aromatic N) is 1. The normalized spacial score (nSPS) is 10.4. The number of carbonyl (C=O) groups excluding carboxylic acids is 2. The molecule has 0 aliphatic rings. The zero-order chi connectivity index (χ0) is 14.6. The van der Waals surface area contributed by atoms with Gasteiger partial charge in [0, 0.05) is 12.1 Å². The van der Waals surface area contributed by atoms with E-state index in [0.29, 0.717) is 17.2 Å². The van der Waals surface area contributed by atoms with Crippen molar-refractivity contribution in [3.63, 3.8) is 0 Å². The van der Waals surface area contributed by atoms with Gasteiger partial charge in [-0.15, -0.1) is 0 Å². The first kappa shape index (κ1) is 14.4. The van der Waals surface area contributed by atoms with Crippen LogP contribution in [0.5, 0.6) is 0 Å². The van der Waals surface area contributed by atoms with E-state index in [1.54, 1.807) is 19.9 Å². The molecule has 0 saturated heterocycles. The minimum absolute atomic E-state index is 0.0450. The molecule has 1 rings (SSSR count). The van der Waals surface area contributed by atoms with Crippen LogP contribution in [-0.2, 0) is 9.59 Å². The Morgan fingerprint density at radius 3 is 2.42 bits per heavy atom. The summed E-state index contributed by atoms with van der Waals surface area (Å²) in [6.07, 6.45) is 1.28. The number of aliphatic carboxylic acids is 1. The van der Waals surface area contributed by atoms with Gasteiger partial charge in [-0.3, -0.25) is 14.9 Å². The van der Waals surface area contributed by atoms with Crippen LogP contribution >= 0.6 is 0 Å². The van der Waals surface area contributed by atoms with E-state index in [1.807, 2.05) is 0 Å². The Labute approximate surface area is 108 Å². The molecule has 0 unspecified atom stereocenters. The molecule has 0 aliphatic heterocycles. The summed E-state index contributed by atoms with van der Waals surface area (Å²) in [4.78, 5) is 31.9. The van der Waals surface area contributed by atoms with Gasteiger partial charge in [-0.2, -0.15) is 0 Å². The number of carboxylic acid groups (broad SMARTS) is 1. The number of amides is 1. The fraction of sp³-hybridized carbons (Fsp3) is 0.167. The molecule has 1 aromatic carbocycles. The molecule has 1 aromatic rings. The second-order valence-corrected chi connectivity index (χ2v) is 3.87. The lowest BCUT2D eigenvalue weighted by Gasteiger charge is -2.08. The number of rotatable bonds is 4. The molecule has 19 heavy (non-hydrogen) atoms. The van der Waals surface area contributed by atoms with Gasteiger partial charge in [0.05, 0.1) is 10.9 Å². The van der Waals surface area contributed by atoms with Crippen molar-refractivity contribution in [2.45, 2.75) is 13.8 Å². The fourth-order valence-corrected chi connectivity index (χ4v) is 1.56. The number of hydrogen-bond acceptors (Lipinski definition) is 5. The van der Waals surface area contributed by atoms with E-state index < -0.39 is 16.8 Å². The number of hydrogen-bond donors (Lipinski definition) is 1. The Kier molecular flexibility index (Phi) is 4.36. The van der Waals surface area contributed by atoms with Gasteiger partial charge in [0.25, 0.3) is 5.69 Å². The van der Waals surface area contributed by atoms with Crippen LogP contribution in [-0.4, -0.2) is 16.8 Å². The van der Waals surface area contributed by atoms with E-state index in [4.69, 9.17) is 0 Å². The van der Waals surface area contributed by atoms with E-state index in [9.17, 15) is 24.8 Å². The highest BCUT2D eigenvalue weighted by molar-refractivity contribution is 6.03. The van der Waals surface area contributed by atoms with Gasteiger partial charge in [-0.25, -0.2) is 0 Å². The number of carbonyl (C=O) groups is 2. The van der Waals surface area contributed by atoms with E-state index in [0.717, 1.165) is 6.08 Å². The molecular formula is C12H11N2O5-. The third-order valence-corrected chi connectivity index (χ3v) is 2.27. The van der Waals surface area contributed by atoms with E-state index in [2.05, 4.69) is 5.32 Å². The largest absolute Gasteiger partial charge is 0.545 e. The summed E-state index contributed by atoms with van der Waals surface area (Å²) in [5, 5.41) is 23.3. The van der Waals surface area contributed by atoms with Gasteiger partial charge >= 0.3 is 0 Å². The fourth-order valence-electron chi connectivity index (χ4n) is 1.56. The minimum atomic E-state index is -1.52. The summed E-state index contributed by atoms with van der Waals surface area (Å²) in [6.45, 7) is 3.31. The van der Waals surface area contributed by atoms with Crippen molar-refractivity contribution < 1.29 is 19.6 Å². The first-order valence-corrected chi connectivity index (χ1v) is 5.27. The average molecular weight is 263 g/mol. The molecule has 100 valence electrons. The van der Waals surface area contributed by atoms with E-state index >= 15 is 0 Å². The van der Waals surface area contributed by atoms with Gasteiger partial charge < -0.3 is 15.2 Å². The highest BCUT2D eigenvalue weighted by Crippen LogP contribution is 2.29. The standard InChI is InChI=1S/C12H12N2O5/c1-7-5-8(2)12(9(6-7)14(18)19)13-10(15)3-4-11(16)17/h3-6H,1-2H3,(H,13,15)(H,16,17)/p-1. The molecule has 0 aromatic heterocycles. The van der Waals surface area contributed by atoms with Gasteiger partial charge in [-0.05, 0) is 31.1 Å². The zero-order valence-electron chi connectivity index (χ0n) is 10.3. The molecule has 0 bridgehead atoms. The second kappa shape index (κ2) is 5.76. The maximum Gasteiger partial charge on any atom is 0.293 e. The second-order valence-electron chi connectivity index (χ2n) is 3.87. The Bertz CT molecular complexity index is 578. The topological polar surface area (TPSA) is 112 Å². The van der Waals surface area contributed by atoms with Crippen molar-refractivity contribution in [1.29, 1.82) is 0 Å². The maximum absolute atomic E-state index is 11.4. The van der Waals surface area contributed by atoms with Crippen molar-refractivity contribution in [3.8, 4) is 0 Å². The van der Waals surface area contributed by atoms with Gasteiger partial charge in [0.1, 0.15) is 5.69 Å². The molecule has 0 heterocycles. The zero-order valence-corrected chi connectivity index (χ0v) is 10.3. The molecule has 1 amide bonds. The number of benzene rings is 1. The molecular weight excluding hydrogens is 252 g/mol. The Morgan fingerprint density at radius 2 is 1.89 bits per heavy atom. The lowest BCUT2D eigenvalue weighted by molar-refractivity contribution is -0.384. The van der Waals surface area contributed by atoms with Crippen molar-refractivity contribution in [3.05, 3.63) is 45.5 Å². The van der Waals surface area contributed by atoms with Crippen LogP contribution in [0, 0.1) is 24.0 Å². The van der Waals surface area contributed by atoms with Gasteiger partial charge in [0.2, 0.25) is 5.91 Å². The third kappa shape index (κ3) is 3.91. The van der Waals surface area contributed by atoms with Crippen LogP contribution in [0.3, 0.4) is 0 Å². The molecule has 0 aliphatic carbocycles. The van der Waals surface area contributed by atoms with E-state index in [-0.39, 0.29) is 11.4 Å². The minimum Gasteiger partial charge on any atom is -0.545 e. The monoisotopic (exact) mass is 263 g/mol. The van der Waals surface area contributed by atoms with Crippen molar-refractivity contribution in [1.82, 2.24) is 0 Å². The Balaban J connectivity index is 3.10. The average Bonchev–Trinajstić information content (AvgIpc) is 2.29. The van der Waals surface area contributed by atoms with E-state index in [1.165, 1.54) is 6.07 Å². The predicted molar refractivity (Wildman–Crippen MR) is 65.3 cm³/mol. The molecule has 0 atom stereocenters. The summed E-state index contributed by atoms with van der Waals surface area (Å²) in [5.41, 5.74) is 1.01. The van der Waals surface area contributed by atoms with Crippen LogP contribution in [0.1, 0.15) is 11.1 Å². The van der Waals surface area contributed by atoms with Gasteiger partial charge in [0.15, 0.2) is 0 Å². The predicted octanol–water partition coefficient (Wildman–Crippen LogP) is 0.456. The van der Waals surface area contributed by atoms with Crippen LogP contribution in [0.25, 0.3) is 0 Å². The quantitative estimate of drug-likeness (QED) is 0.481. The molecule has 0 spiro atoms. The number of nitrogens with one attached hydrogen (secondary N) is 1. The summed E-state index contributed by atoms with van der Waals surface area (Å²) in [6, 6.07) is 3.00. The van der Waals surface area contributed by atoms with Crippen LogP contribution in [0.2, 0.25) is 0 Å². The SMILES string of the molecule is Cc1cc(C)c(NC(=O)C=CC(=O)[O-])c([N+](=O)[O-])c1. The summed E-state index contributed by atoms with van der Waals surface area (Å²) < 4.78 is 0. The van der Waals surface area contributed by atoms with Crippen LogP contribution < -0.4 is 10.4 Å². The summed E-state index contributed by atoms with van der Waals surface area (Å²) in [7, 11) is 0. The lowest BCUT2D eigenvalue weighted by atomic mass is 10.1. The Hall–Kier alpha value is -2.70. The lowest BCUT2D eigenvalue weighted by Crippen LogP contribution is -2.20. The van der Waals surface area contributed by atoms with Crippen LogP contribution in [0.15, 0.2) is 24.3 Å². The first-order chi connectivity index (χ1) is 8.81. The molecule has 1 N–H and O–H groups in total. The van der Waals surface area contributed by atoms with Crippen molar-refractivity contribution >= 4 is 23.3 Å². The molecule has 7 heteroatoms. The van der Waals surface area contributed by atoms with Crippen molar-refractivity contribution in [2.24, 2.45) is 0 Å². The third-order valence-electron chi connectivity index (χ3n) is 2.27. The van der Waals surface area contributed by atoms with Crippen molar-refractivity contribution in [2.75, 3.05) is 5.32 Å². The highest BCUT2D eigenvalue weighted by atomic mass is 16.6. The Morgan fingerprint density at radius 1 is 1.26 bits per heavy atom.